The molecule has 2 aromatic carbocycles. The van der Waals surface area contributed by atoms with E-state index in [1.165, 1.54) is 9.80 Å². The first-order chi connectivity index (χ1) is 20.5. The maximum atomic E-state index is 13.2. The first-order valence-corrected chi connectivity index (χ1v) is 14.4. The molecule has 0 unspecified atom stereocenters. The van der Waals surface area contributed by atoms with Gasteiger partial charge < -0.3 is 29.9 Å². The van der Waals surface area contributed by atoms with Gasteiger partial charge in [0.1, 0.15) is 23.6 Å². The molecule has 2 fully saturated rings. The van der Waals surface area contributed by atoms with Crippen LogP contribution in [0, 0.1) is 0 Å². The van der Waals surface area contributed by atoms with Crippen molar-refractivity contribution in [1.82, 2.24) is 25.3 Å². The highest BCUT2D eigenvalue weighted by Gasteiger charge is 2.45. The van der Waals surface area contributed by atoms with Crippen LogP contribution in [0.15, 0.2) is 48.5 Å². The second kappa shape index (κ2) is 12.4. The Kier molecular flexibility index (Phi) is 8.67. The summed E-state index contributed by atoms with van der Waals surface area (Å²) in [5.74, 6) is -0.138. The molecular weight excluding hydrogens is 554 g/mol. The van der Waals surface area contributed by atoms with Gasteiger partial charge in [-0.2, -0.15) is 0 Å². The number of aryl methyl sites for hydroxylation is 1. The van der Waals surface area contributed by atoms with Crippen molar-refractivity contribution in [2.75, 3.05) is 33.2 Å². The number of hydrogen-bond acceptors (Lipinski definition) is 7. The third-order valence-corrected chi connectivity index (χ3v) is 7.92. The number of nitrogens with one attached hydrogen (secondary N) is 2. The molecule has 4 bridgehead atoms. The lowest BCUT2D eigenvalue weighted by atomic mass is 10.0. The molecule has 0 radical (unpaired) electrons. The zero-order chi connectivity index (χ0) is 30.7. The Morgan fingerprint density at radius 2 is 1.70 bits per heavy atom. The number of likely N-dealkylation sites (tertiary alicyclic amines) is 1. The van der Waals surface area contributed by atoms with Crippen molar-refractivity contribution in [3.63, 3.8) is 0 Å². The summed E-state index contributed by atoms with van der Waals surface area (Å²) in [7, 11) is 1.58. The van der Waals surface area contributed by atoms with E-state index < -0.39 is 42.1 Å². The lowest BCUT2D eigenvalue weighted by Crippen LogP contribution is -2.59. The molecule has 2 N–H and O–H groups in total. The molecule has 0 aromatic heterocycles. The Morgan fingerprint density at radius 3 is 2.40 bits per heavy atom. The van der Waals surface area contributed by atoms with Gasteiger partial charge in [0.15, 0.2) is 0 Å². The number of piperidine rings is 1. The predicted octanol–water partition coefficient (Wildman–Crippen LogP) is 1.82. The van der Waals surface area contributed by atoms with Crippen LogP contribution in [-0.4, -0.2) is 95.3 Å². The summed E-state index contributed by atoms with van der Waals surface area (Å²) >= 11 is 0. The molecule has 2 saturated heterocycles. The van der Waals surface area contributed by atoms with Crippen molar-refractivity contribution in [1.29, 1.82) is 0 Å². The van der Waals surface area contributed by atoms with E-state index in [0.29, 0.717) is 30.9 Å². The van der Waals surface area contributed by atoms with Gasteiger partial charge in [0.05, 0.1) is 25.3 Å². The molecule has 43 heavy (non-hydrogen) atoms. The lowest BCUT2D eigenvalue weighted by molar-refractivity contribution is -0.142. The number of urea groups is 1. The Balaban J connectivity index is 1.33. The topological polar surface area (TPSA) is 138 Å². The van der Waals surface area contributed by atoms with E-state index in [-0.39, 0.29) is 37.9 Å². The molecule has 228 valence electrons. The molecule has 12 nitrogen and oxygen atoms in total. The smallest absolute Gasteiger partial charge is 0.325 e. The highest BCUT2D eigenvalue weighted by Crippen LogP contribution is 2.25. The summed E-state index contributed by atoms with van der Waals surface area (Å²) in [5.41, 5.74) is 0.739. The quantitative estimate of drug-likeness (QED) is 0.509. The van der Waals surface area contributed by atoms with Gasteiger partial charge in [0.2, 0.25) is 17.7 Å². The van der Waals surface area contributed by atoms with Crippen molar-refractivity contribution >= 4 is 29.7 Å². The van der Waals surface area contributed by atoms with Crippen LogP contribution >= 0.6 is 0 Å². The van der Waals surface area contributed by atoms with Crippen LogP contribution in [0.25, 0.3) is 0 Å². The highest BCUT2D eigenvalue weighted by molar-refractivity contribution is 6.08. The first-order valence-electron chi connectivity index (χ1n) is 14.4. The molecule has 6 amide bonds. The highest BCUT2D eigenvalue weighted by atomic mass is 16.5. The number of rotatable bonds is 2. The van der Waals surface area contributed by atoms with Crippen LogP contribution in [0.3, 0.4) is 0 Å². The second-order valence-corrected chi connectivity index (χ2v) is 11.7. The zero-order valence-corrected chi connectivity index (χ0v) is 24.6. The van der Waals surface area contributed by atoms with E-state index in [9.17, 15) is 24.0 Å². The lowest BCUT2D eigenvalue weighted by Gasteiger charge is -2.39. The van der Waals surface area contributed by atoms with Crippen molar-refractivity contribution in [2.24, 2.45) is 0 Å². The van der Waals surface area contributed by atoms with E-state index in [1.54, 1.807) is 20.9 Å². The minimum Gasteiger partial charge on any atom is -0.457 e. The first kappa shape index (κ1) is 30.0. The Labute approximate surface area is 250 Å². The van der Waals surface area contributed by atoms with Crippen LogP contribution in [0.2, 0.25) is 0 Å². The van der Waals surface area contributed by atoms with Gasteiger partial charge in [0, 0.05) is 26.6 Å². The summed E-state index contributed by atoms with van der Waals surface area (Å²) in [6.45, 7) is 3.31. The number of imide groups is 1. The number of carbonyl (C=O) groups is 5. The molecule has 2 atom stereocenters. The maximum absolute atomic E-state index is 13.2. The number of ether oxygens (including phenoxy) is 2. The van der Waals surface area contributed by atoms with E-state index in [0.717, 1.165) is 16.0 Å². The second-order valence-electron chi connectivity index (χ2n) is 11.7. The van der Waals surface area contributed by atoms with Gasteiger partial charge in [-0.25, -0.2) is 4.79 Å². The van der Waals surface area contributed by atoms with E-state index in [4.69, 9.17) is 9.47 Å². The van der Waals surface area contributed by atoms with Crippen molar-refractivity contribution in [3.05, 3.63) is 59.7 Å². The molecule has 5 rings (SSSR count). The minimum atomic E-state index is -1.08. The monoisotopic (exact) mass is 591 g/mol. The minimum absolute atomic E-state index is 0.123. The molecule has 0 aliphatic carbocycles. The largest absolute Gasteiger partial charge is 0.457 e. The third-order valence-electron chi connectivity index (χ3n) is 7.92. The Hall–Kier alpha value is -4.45. The van der Waals surface area contributed by atoms with E-state index in [2.05, 4.69) is 10.6 Å². The fourth-order valence-corrected chi connectivity index (χ4v) is 5.49. The number of amides is 6. The van der Waals surface area contributed by atoms with Crippen molar-refractivity contribution < 1.29 is 33.4 Å². The van der Waals surface area contributed by atoms with E-state index in [1.807, 2.05) is 48.5 Å². The number of fused-ring (bicyclic) bond motifs is 5. The summed E-state index contributed by atoms with van der Waals surface area (Å²) in [5, 5.41) is 5.54. The predicted molar refractivity (Wildman–Crippen MR) is 155 cm³/mol. The number of benzene rings is 2. The molecule has 3 aliphatic heterocycles. The molecule has 3 heterocycles. The molecule has 2 aromatic rings. The van der Waals surface area contributed by atoms with Crippen LogP contribution in [0.5, 0.6) is 11.5 Å². The average Bonchev–Trinajstić information content (AvgIpc) is 3.16. The maximum Gasteiger partial charge on any atom is 0.325 e. The number of carbonyl (C=O) groups excluding carboxylic acids is 5. The number of likely N-dealkylation sites (N-methyl/N-ethyl adjacent to an activating group) is 1. The number of hydrogen-bond donors (Lipinski definition) is 2. The summed E-state index contributed by atoms with van der Waals surface area (Å²) in [4.78, 5) is 67.9. The van der Waals surface area contributed by atoms with Crippen LogP contribution in [0.1, 0.15) is 37.8 Å². The normalized spacial score (nSPS) is 23.0. The van der Waals surface area contributed by atoms with Gasteiger partial charge in [-0.15, -0.1) is 0 Å². The Morgan fingerprint density at radius 1 is 1.00 bits per heavy atom. The molecule has 0 saturated carbocycles. The average molecular weight is 592 g/mol. The Bertz CT molecular complexity index is 1430. The standard InChI is InChI=1S/C31H37N5O7/c1-31(2)29(40)36(30(41)33-31)18-28(39)35-13-12-25-24(16-35)32-26(37)17-34(3)27(38)11-10-20-6-4-8-22(14-20)43-23-9-5-7-21(15-23)19-42-25/h4-9,14-15,24-25H,10-13,16-19H2,1-3H3,(H,32,37)(H,33,41)/t24-,25+/m0/s1. The van der Waals surface area contributed by atoms with Crippen LogP contribution < -0.4 is 15.4 Å². The molecule has 3 aliphatic rings. The SMILES string of the molecule is CN1CC(=O)N[C@H]2CN(C(=O)CN3C(=O)NC(C)(C)C3=O)CC[C@H]2OCc2cccc(c2)Oc2cccc(c2)CCC1=O. The zero-order valence-electron chi connectivity index (χ0n) is 24.6. The van der Waals surface area contributed by atoms with Crippen molar-refractivity contribution in [3.8, 4) is 11.5 Å². The van der Waals surface area contributed by atoms with E-state index >= 15 is 0 Å². The van der Waals surface area contributed by atoms with Crippen LogP contribution in [-0.2, 0) is 36.9 Å². The molecule has 0 spiro atoms. The number of nitrogens with zero attached hydrogens (tertiary/aromatic N) is 3. The van der Waals surface area contributed by atoms with Gasteiger partial charge in [-0.3, -0.25) is 24.1 Å². The fraction of sp³-hybridized carbons (Fsp3) is 0.452. The summed E-state index contributed by atoms with van der Waals surface area (Å²) in [6.07, 6.45) is 0.705. The fourth-order valence-electron chi connectivity index (χ4n) is 5.49. The molecular formula is C31H37N5O7. The summed E-state index contributed by atoms with van der Waals surface area (Å²) < 4.78 is 12.4. The van der Waals surface area contributed by atoms with Gasteiger partial charge >= 0.3 is 6.03 Å². The third kappa shape index (κ3) is 7.14. The van der Waals surface area contributed by atoms with Gasteiger partial charge in [-0.05, 0) is 62.1 Å². The van der Waals surface area contributed by atoms with Gasteiger partial charge in [-0.1, -0.05) is 24.3 Å². The molecule has 12 heteroatoms. The van der Waals surface area contributed by atoms with Crippen LogP contribution in [0.4, 0.5) is 4.79 Å². The summed E-state index contributed by atoms with van der Waals surface area (Å²) in [6, 6.07) is 13.9. The van der Waals surface area contributed by atoms with Gasteiger partial charge in [0.25, 0.3) is 5.91 Å². The van der Waals surface area contributed by atoms with Crippen molar-refractivity contribution in [2.45, 2.75) is 57.4 Å².